The number of anilines is 1. The number of ether oxygens (including phenoxy) is 2. The molecule has 2 aliphatic heterocycles. The molecule has 1 unspecified atom stereocenters. The monoisotopic (exact) mass is 478 g/mol. The van der Waals surface area contributed by atoms with E-state index in [0.717, 1.165) is 11.1 Å². The Morgan fingerprint density at radius 2 is 1.91 bits per heavy atom. The minimum atomic E-state index is -0.665. The van der Waals surface area contributed by atoms with E-state index < -0.39 is 11.6 Å². The van der Waals surface area contributed by atoms with Gasteiger partial charge in [0.05, 0.1) is 18.4 Å². The summed E-state index contributed by atoms with van der Waals surface area (Å²) in [5.74, 6) is -0.435. The van der Waals surface area contributed by atoms with Crippen LogP contribution in [-0.2, 0) is 16.1 Å². The molecule has 0 spiro atoms. The zero-order valence-corrected chi connectivity index (χ0v) is 20.2. The number of halogens is 2. The van der Waals surface area contributed by atoms with E-state index in [1.165, 1.54) is 18.2 Å². The number of fused-ring (bicyclic) bond motifs is 1. The fourth-order valence-electron chi connectivity index (χ4n) is 4.06. The van der Waals surface area contributed by atoms with E-state index >= 15 is 0 Å². The second kappa shape index (κ2) is 10.2. The van der Waals surface area contributed by atoms with E-state index in [0.29, 0.717) is 35.0 Å². The van der Waals surface area contributed by atoms with Crippen LogP contribution in [0.1, 0.15) is 31.4 Å². The number of allylic oxidation sites excluding steroid dienone is 4. The van der Waals surface area contributed by atoms with Crippen molar-refractivity contribution in [3.63, 3.8) is 0 Å². The fourth-order valence-corrected chi connectivity index (χ4v) is 4.06. The van der Waals surface area contributed by atoms with Crippen molar-refractivity contribution in [2.45, 2.75) is 33.8 Å². The molecule has 1 amide bonds. The van der Waals surface area contributed by atoms with Gasteiger partial charge in [-0.2, -0.15) is 0 Å². The van der Waals surface area contributed by atoms with Crippen LogP contribution < -0.4 is 10.1 Å². The van der Waals surface area contributed by atoms with Crippen molar-refractivity contribution in [1.82, 2.24) is 4.90 Å². The van der Waals surface area contributed by atoms with Crippen molar-refractivity contribution >= 4 is 11.6 Å². The smallest absolute Gasteiger partial charge is 0.272 e. The lowest BCUT2D eigenvalue weighted by molar-refractivity contribution is -0.114. The van der Waals surface area contributed by atoms with Crippen LogP contribution in [0.5, 0.6) is 5.75 Å². The van der Waals surface area contributed by atoms with Crippen LogP contribution in [0.2, 0.25) is 0 Å². The predicted octanol–water partition coefficient (Wildman–Crippen LogP) is 6.35. The van der Waals surface area contributed by atoms with Crippen molar-refractivity contribution in [3.05, 3.63) is 106 Å². The summed E-state index contributed by atoms with van der Waals surface area (Å²) in [6.07, 6.45) is 7.93. The summed E-state index contributed by atoms with van der Waals surface area (Å²) < 4.78 is 39.4. The van der Waals surface area contributed by atoms with Gasteiger partial charge in [-0.15, -0.1) is 0 Å². The minimum Gasteiger partial charge on any atom is -0.497 e. The molecule has 1 N–H and O–H groups in total. The van der Waals surface area contributed by atoms with Gasteiger partial charge in [-0.1, -0.05) is 25.1 Å². The summed E-state index contributed by atoms with van der Waals surface area (Å²) in [6, 6.07) is 9.22. The molecule has 2 aromatic carbocycles. The average Bonchev–Trinajstić information content (AvgIpc) is 2.96. The number of hydrogen-bond donors (Lipinski definition) is 1. The first-order valence-corrected chi connectivity index (χ1v) is 11.4. The zero-order chi connectivity index (χ0) is 25.1. The first kappa shape index (κ1) is 24.3. The Morgan fingerprint density at radius 3 is 2.63 bits per heavy atom. The van der Waals surface area contributed by atoms with E-state index in [2.05, 4.69) is 12.2 Å². The van der Waals surface area contributed by atoms with Crippen molar-refractivity contribution in [2.24, 2.45) is 5.92 Å². The Kier molecular flexibility index (Phi) is 7.05. The molecule has 0 saturated carbocycles. The van der Waals surface area contributed by atoms with Gasteiger partial charge in [0.25, 0.3) is 5.91 Å². The van der Waals surface area contributed by atoms with Crippen LogP contribution in [0.15, 0.2) is 83.6 Å². The molecule has 5 nitrogen and oxygen atoms in total. The number of nitrogens with one attached hydrogen (secondary N) is 1. The number of carbonyl (C=O) groups excluding carboxylic acids is 1. The predicted molar refractivity (Wildman–Crippen MR) is 131 cm³/mol. The van der Waals surface area contributed by atoms with E-state index in [1.54, 1.807) is 36.4 Å². The molecule has 0 radical (unpaired) electrons. The van der Waals surface area contributed by atoms with Crippen LogP contribution in [0.3, 0.4) is 0 Å². The van der Waals surface area contributed by atoms with Gasteiger partial charge in [0.1, 0.15) is 35.4 Å². The van der Waals surface area contributed by atoms with E-state index in [4.69, 9.17) is 9.47 Å². The van der Waals surface area contributed by atoms with E-state index in [1.807, 2.05) is 32.1 Å². The summed E-state index contributed by atoms with van der Waals surface area (Å²) in [6.45, 7) is 5.63. The molecule has 35 heavy (non-hydrogen) atoms. The van der Waals surface area contributed by atoms with Gasteiger partial charge in [0, 0.05) is 18.0 Å². The van der Waals surface area contributed by atoms with Gasteiger partial charge in [0.2, 0.25) is 0 Å². The van der Waals surface area contributed by atoms with E-state index in [9.17, 15) is 13.6 Å². The van der Waals surface area contributed by atoms with Gasteiger partial charge in [0.15, 0.2) is 0 Å². The third-order valence-corrected chi connectivity index (χ3v) is 6.35. The van der Waals surface area contributed by atoms with Gasteiger partial charge in [-0.25, -0.2) is 8.78 Å². The number of benzene rings is 2. The van der Waals surface area contributed by atoms with Crippen molar-refractivity contribution in [3.8, 4) is 5.75 Å². The maximum Gasteiger partial charge on any atom is 0.272 e. The maximum absolute atomic E-state index is 14.1. The van der Waals surface area contributed by atoms with Crippen molar-refractivity contribution < 1.29 is 23.0 Å². The molecular weight excluding hydrogens is 450 g/mol. The second-order valence-electron chi connectivity index (χ2n) is 8.62. The number of nitrogens with zero attached hydrogens (tertiary/aromatic N) is 1. The Hall–Kier alpha value is -3.87. The third-order valence-electron chi connectivity index (χ3n) is 6.35. The van der Waals surface area contributed by atoms with Crippen LogP contribution in [0.25, 0.3) is 0 Å². The number of hydrogen-bond acceptors (Lipinski definition) is 4. The molecule has 7 heteroatoms. The standard InChI is InChI=1S/C28H28F2N2O3/c1-17-11-13-25-26(35-16-21-22(29)7-5-8-23(21)30)9-6-14-32(25)27(19(17)3)28(33)31-24-15-20(34-4)12-10-18(24)2/h5-10,12-15,17H,11,16H2,1-4H3,(H,31,33). The summed E-state index contributed by atoms with van der Waals surface area (Å²) in [7, 11) is 1.58. The molecule has 2 aliphatic rings. The van der Waals surface area contributed by atoms with Crippen LogP contribution in [0, 0.1) is 24.5 Å². The SMILES string of the molecule is COc1ccc(C)c(NC(=O)C2=C(C)C(C)CC=C3C(OCc4c(F)cccc4F)=CC=CN32)c1. The molecule has 0 aromatic heterocycles. The van der Waals surface area contributed by atoms with Gasteiger partial charge < -0.3 is 19.7 Å². The summed E-state index contributed by atoms with van der Waals surface area (Å²) in [4.78, 5) is 15.4. The zero-order valence-electron chi connectivity index (χ0n) is 20.2. The average molecular weight is 479 g/mol. The highest BCUT2D eigenvalue weighted by Crippen LogP contribution is 2.36. The highest BCUT2D eigenvalue weighted by molar-refractivity contribution is 6.05. The maximum atomic E-state index is 14.1. The van der Waals surface area contributed by atoms with Gasteiger partial charge >= 0.3 is 0 Å². The number of amides is 1. The van der Waals surface area contributed by atoms with Crippen LogP contribution in [0.4, 0.5) is 14.5 Å². The van der Waals surface area contributed by atoms with Crippen LogP contribution >= 0.6 is 0 Å². The van der Waals surface area contributed by atoms with E-state index in [-0.39, 0.29) is 24.0 Å². The highest BCUT2D eigenvalue weighted by Gasteiger charge is 2.30. The first-order valence-electron chi connectivity index (χ1n) is 11.4. The number of aryl methyl sites for hydroxylation is 1. The lowest BCUT2D eigenvalue weighted by Gasteiger charge is -2.30. The largest absolute Gasteiger partial charge is 0.497 e. The molecule has 0 bridgehead atoms. The van der Waals surface area contributed by atoms with Crippen LogP contribution in [-0.4, -0.2) is 17.9 Å². The third kappa shape index (κ3) is 4.99. The molecule has 0 saturated heterocycles. The normalized spacial score (nSPS) is 17.3. The second-order valence-corrected chi connectivity index (χ2v) is 8.62. The molecule has 0 aliphatic carbocycles. The quantitative estimate of drug-likeness (QED) is 0.526. The highest BCUT2D eigenvalue weighted by atomic mass is 19.1. The Labute approximate surface area is 204 Å². The molecular formula is C28H28F2N2O3. The lowest BCUT2D eigenvalue weighted by Crippen LogP contribution is -2.30. The summed E-state index contributed by atoms with van der Waals surface area (Å²) in [5.41, 5.74) is 3.46. The summed E-state index contributed by atoms with van der Waals surface area (Å²) >= 11 is 0. The number of carbonyl (C=O) groups is 1. The molecule has 2 heterocycles. The molecule has 2 aromatic rings. The Balaban J connectivity index is 1.62. The summed E-state index contributed by atoms with van der Waals surface area (Å²) in [5, 5.41) is 3.02. The molecule has 0 fully saturated rings. The van der Waals surface area contributed by atoms with Crippen molar-refractivity contribution in [2.75, 3.05) is 12.4 Å². The van der Waals surface area contributed by atoms with Gasteiger partial charge in [-0.3, -0.25) is 4.79 Å². The number of rotatable bonds is 6. The van der Waals surface area contributed by atoms with Crippen molar-refractivity contribution in [1.29, 1.82) is 0 Å². The lowest BCUT2D eigenvalue weighted by atomic mass is 9.97. The Morgan fingerprint density at radius 1 is 1.17 bits per heavy atom. The minimum absolute atomic E-state index is 0.0962. The number of methoxy groups -OCH3 is 1. The fraction of sp³-hybridized carbons (Fsp3) is 0.250. The first-order chi connectivity index (χ1) is 16.8. The molecule has 182 valence electrons. The molecule has 1 atom stereocenters. The topological polar surface area (TPSA) is 50.8 Å². The van der Waals surface area contributed by atoms with Gasteiger partial charge in [-0.05, 0) is 67.7 Å². The Bertz CT molecular complexity index is 1260. The molecule has 4 rings (SSSR count).